The van der Waals surface area contributed by atoms with Crippen molar-refractivity contribution in [3.8, 4) is 0 Å². The van der Waals surface area contributed by atoms with E-state index in [1.54, 1.807) is 12.5 Å². The third-order valence-electron chi connectivity index (χ3n) is 7.35. The van der Waals surface area contributed by atoms with E-state index in [9.17, 15) is 20.1 Å². The van der Waals surface area contributed by atoms with Gasteiger partial charge in [-0.15, -0.1) is 0 Å². The van der Waals surface area contributed by atoms with Gasteiger partial charge in [-0.1, -0.05) is 12.8 Å². The largest absolute Gasteiger partial charge is 0.389 e. The summed E-state index contributed by atoms with van der Waals surface area (Å²) in [5.41, 5.74) is 30.8. The lowest BCUT2D eigenvalue weighted by molar-refractivity contribution is -0.291. The molecule has 2 aliphatic rings. The number of H-pyrrole nitrogens is 1. The number of nitrogens with one attached hydrogen (secondary N) is 2. The lowest BCUT2D eigenvalue weighted by Crippen LogP contribution is -2.67. The Bertz CT molecular complexity index is 850. The maximum atomic E-state index is 12.1. The standard InChI is InChI=1S/C24H46N8O7/c25-9-16-19(34)20(35)17(29)24(38-16)39-21-14(27)8-13(26)18(33)22(21)37-6-4-2-1-3-5-31-23(36)15(28)7-12-10-30-11-32-12/h10-11,13-22,24,33-35H,1-9,25-29H2,(H,30,32)(H,31,36)/t13-,14+,15-,16-,17-,18+,19-,20-,21-,22-,24-/m1/s1. The second-order valence-electron chi connectivity index (χ2n) is 10.4. The Balaban J connectivity index is 1.40. The maximum absolute atomic E-state index is 12.1. The average Bonchev–Trinajstić information content (AvgIpc) is 3.42. The quantitative estimate of drug-likeness (QED) is 0.0973. The Labute approximate surface area is 228 Å². The normalized spacial score (nSPS) is 36.0. The Morgan fingerprint density at radius 1 is 1.10 bits per heavy atom. The molecule has 11 atom stereocenters. The van der Waals surface area contributed by atoms with Gasteiger partial charge in [0, 0.05) is 50.1 Å². The highest BCUT2D eigenvalue weighted by atomic mass is 16.7. The van der Waals surface area contributed by atoms with Crippen LogP contribution in [0.2, 0.25) is 0 Å². The van der Waals surface area contributed by atoms with Crippen LogP contribution in [0.4, 0.5) is 0 Å². The molecule has 1 aliphatic carbocycles. The highest BCUT2D eigenvalue weighted by Gasteiger charge is 2.48. The van der Waals surface area contributed by atoms with Crippen LogP contribution in [-0.2, 0) is 25.4 Å². The summed E-state index contributed by atoms with van der Waals surface area (Å²) in [6, 6.07) is -2.87. The minimum atomic E-state index is -1.31. The van der Waals surface area contributed by atoms with E-state index >= 15 is 0 Å². The fraction of sp³-hybridized carbons (Fsp3) is 0.833. The number of aliphatic hydroxyl groups excluding tert-OH is 3. The third-order valence-corrected chi connectivity index (χ3v) is 7.35. The molecule has 1 aromatic heterocycles. The molecule has 1 aliphatic heterocycles. The van der Waals surface area contributed by atoms with Crippen LogP contribution in [-0.4, -0.2) is 118 Å². The molecule has 224 valence electrons. The highest BCUT2D eigenvalue weighted by molar-refractivity contribution is 5.81. The van der Waals surface area contributed by atoms with E-state index in [0.29, 0.717) is 26.0 Å². The number of nitrogens with two attached hydrogens (primary N) is 5. The molecule has 15 heteroatoms. The van der Waals surface area contributed by atoms with E-state index in [2.05, 4.69) is 15.3 Å². The molecule has 2 heterocycles. The smallest absolute Gasteiger partial charge is 0.237 e. The van der Waals surface area contributed by atoms with Gasteiger partial charge in [0.05, 0.1) is 24.5 Å². The number of hydrogen-bond acceptors (Lipinski definition) is 13. The topological polar surface area (TPSA) is 276 Å². The van der Waals surface area contributed by atoms with Crippen molar-refractivity contribution in [1.29, 1.82) is 0 Å². The first kappa shape index (κ1) is 31.8. The fourth-order valence-electron chi connectivity index (χ4n) is 4.93. The molecule has 0 unspecified atom stereocenters. The molecular weight excluding hydrogens is 512 g/mol. The lowest BCUT2D eigenvalue weighted by atomic mass is 9.84. The van der Waals surface area contributed by atoms with Crippen molar-refractivity contribution >= 4 is 5.91 Å². The zero-order chi connectivity index (χ0) is 28.5. The van der Waals surface area contributed by atoms with Crippen molar-refractivity contribution in [2.24, 2.45) is 28.7 Å². The third kappa shape index (κ3) is 8.61. The minimum absolute atomic E-state index is 0.0450. The van der Waals surface area contributed by atoms with Gasteiger partial charge in [0.2, 0.25) is 5.91 Å². The van der Waals surface area contributed by atoms with Crippen LogP contribution in [0.1, 0.15) is 37.8 Å². The molecule has 15 nitrogen and oxygen atoms in total. The number of unbranched alkanes of at least 4 members (excludes halogenated alkanes) is 3. The Morgan fingerprint density at radius 3 is 2.54 bits per heavy atom. The van der Waals surface area contributed by atoms with Gasteiger partial charge in [-0.3, -0.25) is 4.79 Å². The Hall–Kier alpha value is -1.76. The van der Waals surface area contributed by atoms with Crippen LogP contribution < -0.4 is 34.0 Å². The molecule has 39 heavy (non-hydrogen) atoms. The number of carbonyl (C=O) groups excluding carboxylic acids is 1. The Kier molecular flexibility index (Phi) is 12.5. The van der Waals surface area contributed by atoms with Gasteiger partial charge in [-0.2, -0.15) is 0 Å². The monoisotopic (exact) mass is 558 g/mol. The van der Waals surface area contributed by atoms with Gasteiger partial charge in [0.15, 0.2) is 6.29 Å². The molecule has 2 fully saturated rings. The van der Waals surface area contributed by atoms with Gasteiger partial charge in [0.1, 0.15) is 30.5 Å². The number of ether oxygens (including phenoxy) is 3. The SMILES string of the molecule is NC[C@H]1O[C@H](O[C@H]2[C@H](OCCCCCCNC(=O)[C@H](N)Cc3cnc[nH]3)[C@@H](O)[C@H](N)C[C@@H]2N)[C@H](N)[C@@H](O)[C@@H]1O. The van der Waals surface area contributed by atoms with Gasteiger partial charge in [0.25, 0.3) is 0 Å². The summed E-state index contributed by atoms with van der Waals surface area (Å²) in [6.45, 7) is 0.798. The molecule has 1 saturated heterocycles. The maximum Gasteiger partial charge on any atom is 0.237 e. The van der Waals surface area contributed by atoms with Crippen molar-refractivity contribution in [2.45, 2.75) is 106 Å². The van der Waals surface area contributed by atoms with E-state index in [4.69, 9.17) is 42.9 Å². The van der Waals surface area contributed by atoms with Crippen molar-refractivity contribution < 1.29 is 34.3 Å². The van der Waals surface area contributed by atoms with Gasteiger partial charge >= 0.3 is 0 Å². The van der Waals surface area contributed by atoms with Crippen LogP contribution in [0.3, 0.4) is 0 Å². The number of hydrogen-bond donors (Lipinski definition) is 10. The number of aromatic nitrogens is 2. The summed E-state index contributed by atoms with van der Waals surface area (Å²) in [5.74, 6) is -0.209. The van der Waals surface area contributed by atoms with Crippen LogP contribution in [0.5, 0.6) is 0 Å². The van der Waals surface area contributed by atoms with Crippen molar-refractivity contribution in [1.82, 2.24) is 15.3 Å². The van der Waals surface area contributed by atoms with Crippen LogP contribution >= 0.6 is 0 Å². The number of carbonyl (C=O) groups is 1. The zero-order valence-electron chi connectivity index (χ0n) is 22.2. The van der Waals surface area contributed by atoms with E-state index in [-0.39, 0.29) is 18.9 Å². The van der Waals surface area contributed by atoms with Gasteiger partial charge in [-0.25, -0.2) is 4.98 Å². The molecule has 0 spiro atoms. The summed E-state index contributed by atoms with van der Waals surface area (Å²) < 4.78 is 17.7. The molecule has 15 N–H and O–H groups in total. The van der Waals surface area contributed by atoms with Crippen molar-refractivity contribution in [2.75, 3.05) is 19.7 Å². The summed E-state index contributed by atoms with van der Waals surface area (Å²) in [6.07, 6.45) is -0.161. The summed E-state index contributed by atoms with van der Waals surface area (Å²) >= 11 is 0. The molecule has 1 aromatic rings. The first-order valence-corrected chi connectivity index (χ1v) is 13.6. The first-order chi connectivity index (χ1) is 18.6. The fourth-order valence-corrected chi connectivity index (χ4v) is 4.93. The summed E-state index contributed by atoms with van der Waals surface area (Å²) in [5, 5.41) is 34.0. The zero-order valence-corrected chi connectivity index (χ0v) is 22.2. The minimum Gasteiger partial charge on any atom is -0.389 e. The molecule has 3 rings (SSSR count). The van der Waals surface area contributed by atoms with E-state index < -0.39 is 67.1 Å². The number of imidazole rings is 1. The number of aromatic amines is 1. The first-order valence-electron chi connectivity index (χ1n) is 13.6. The predicted octanol–water partition coefficient (Wildman–Crippen LogP) is -4.12. The van der Waals surface area contributed by atoms with Crippen molar-refractivity contribution in [3.63, 3.8) is 0 Å². The van der Waals surface area contributed by atoms with Gasteiger partial charge in [-0.05, 0) is 19.3 Å². The van der Waals surface area contributed by atoms with E-state index in [1.165, 1.54) is 0 Å². The van der Waals surface area contributed by atoms with Gasteiger partial charge < -0.3 is 68.5 Å². The molecule has 0 bridgehead atoms. The second kappa shape index (κ2) is 15.3. The van der Waals surface area contributed by atoms with Crippen LogP contribution in [0, 0.1) is 0 Å². The molecule has 0 aromatic carbocycles. The molecule has 1 amide bonds. The number of amides is 1. The predicted molar refractivity (Wildman–Crippen MR) is 141 cm³/mol. The summed E-state index contributed by atoms with van der Waals surface area (Å²) in [7, 11) is 0. The Morgan fingerprint density at radius 2 is 1.85 bits per heavy atom. The van der Waals surface area contributed by atoms with E-state index in [0.717, 1.165) is 25.0 Å². The van der Waals surface area contributed by atoms with Crippen molar-refractivity contribution in [3.05, 3.63) is 18.2 Å². The molecular formula is C24H46N8O7. The lowest BCUT2D eigenvalue weighted by Gasteiger charge is -2.46. The number of aliphatic hydroxyl groups is 3. The molecule has 0 radical (unpaired) electrons. The van der Waals surface area contributed by atoms with Crippen LogP contribution in [0.15, 0.2) is 12.5 Å². The second-order valence-corrected chi connectivity index (χ2v) is 10.4. The highest BCUT2D eigenvalue weighted by Crippen LogP contribution is 2.28. The average molecular weight is 559 g/mol. The number of nitrogens with zero attached hydrogens (tertiary/aromatic N) is 1. The molecule has 1 saturated carbocycles. The number of rotatable bonds is 14. The van der Waals surface area contributed by atoms with E-state index in [1.807, 2.05) is 0 Å². The van der Waals surface area contributed by atoms with Crippen LogP contribution in [0.25, 0.3) is 0 Å². The summed E-state index contributed by atoms with van der Waals surface area (Å²) in [4.78, 5) is 19.0.